The number of Topliss-reactive ketones (excluding diaryl/α,β-unsaturated/α-hetero) is 1. The number of aryl methyl sites for hydroxylation is 1. The third kappa shape index (κ3) is 1.56. The third-order valence-corrected chi connectivity index (χ3v) is 4.72. The lowest BCUT2D eigenvalue weighted by Gasteiger charge is -2.00. The van der Waals surface area contributed by atoms with Crippen molar-refractivity contribution in [3.63, 3.8) is 0 Å². The summed E-state index contributed by atoms with van der Waals surface area (Å²) in [6.07, 6.45) is 0. The van der Waals surface area contributed by atoms with Crippen molar-refractivity contribution in [2.24, 2.45) is 7.05 Å². The molecule has 0 aliphatic heterocycles. The number of hydrogen-bond acceptors (Lipinski definition) is 3. The van der Waals surface area contributed by atoms with Crippen molar-refractivity contribution in [3.05, 3.63) is 45.9 Å². The Kier molecular flexibility index (Phi) is 2.57. The van der Waals surface area contributed by atoms with Crippen molar-refractivity contribution >= 4 is 37.3 Å². The summed E-state index contributed by atoms with van der Waals surface area (Å²) in [6.45, 7) is 3.43. The van der Waals surface area contributed by atoms with Gasteiger partial charge in [0.1, 0.15) is 5.69 Å². The predicted octanol–water partition coefficient (Wildman–Crippen LogP) is 3.26. The summed E-state index contributed by atoms with van der Waals surface area (Å²) in [4.78, 5) is 24.4. The van der Waals surface area contributed by atoms with Crippen molar-refractivity contribution < 1.29 is 4.79 Å². The molecule has 0 N–H and O–H groups in total. The van der Waals surface area contributed by atoms with Gasteiger partial charge in [-0.25, -0.2) is 0 Å². The fraction of sp³-hybridized carbons (Fsp3) is 0.200. The third-order valence-electron chi connectivity index (χ3n) is 3.55. The van der Waals surface area contributed by atoms with E-state index in [-0.39, 0.29) is 11.2 Å². The van der Waals surface area contributed by atoms with Crippen LogP contribution in [0.25, 0.3) is 20.2 Å². The number of hydrogen-bond donors (Lipinski definition) is 0. The summed E-state index contributed by atoms with van der Waals surface area (Å²) in [6, 6.07) is 7.54. The molecular weight excluding hydrogens is 258 g/mol. The van der Waals surface area contributed by atoms with Crippen LogP contribution in [-0.4, -0.2) is 10.4 Å². The highest BCUT2D eigenvalue weighted by Gasteiger charge is 2.19. The molecule has 3 aromatic rings. The van der Waals surface area contributed by atoms with Crippen LogP contribution in [0.2, 0.25) is 0 Å². The Morgan fingerprint density at radius 3 is 2.63 bits per heavy atom. The van der Waals surface area contributed by atoms with E-state index in [0.29, 0.717) is 11.1 Å². The molecule has 0 aliphatic carbocycles. The second kappa shape index (κ2) is 4.03. The van der Waals surface area contributed by atoms with Gasteiger partial charge in [-0.15, -0.1) is 11.3 Å². The first-order valence-corrected chi connectivity index (χ1v) is 6.85. The van der Waals surface area contributed by atoms with Gasteiger partial charge < -0.3 is 4.57 Å². The van der Waals surface area contributed by atoms with Gasteiger partial charge in [-0.2, -0.15) is 0 Å². The summed E-state index contributed by atoms with van der Waals surface area (Å²) < 4.78 is 3.55. The van der Waals surface area contributed by atoms with Gasteiger partial charge >= 0.3 is 0 Å². The molecule has 19 heavy (non-hydrogen) atoms. The van der Waals surface area contributed by atoms with E-state index in [1.807, 2.05) is 42.8 Å². The number of nitrogens with zero attached hydrogens (tertiary/aromatic N) is 1. The highest BCUT2D eigenvalue weighted by Crippen LogP contribution is 2.31. The molecule has 0 radical (unpaired) electrons. The topological polar surface area (TPSA) is 39.1 Å². The molecule has 0 aliphatic rings. The Labute approximate surface area is 114 Å². The standard InChI is InChI=1S/C15H13NO2S/c1-8-12-14(18)10-6-4-5-7-11(10)19-15(12)13(9(2)17)16(8)3/h4-7H,1-3H3. The van der Waals surface area contributed by atoms with E-state index < -0.39 is 0 Å². The smallest absolute Gasteiger partial charge is 0.197 e. The van der Waals surface area contributed by atoms with Crippen LogP contribution < -0.4 is 5.43 Å². The minimum atomic E-state index is -0.00784. The second-order valence-electron chi connectivity index (χ2n) is 4.68. The molecule has 0 atom stereocenters. The second-order valence-corrected chi connectivity index (χ2v) is 5.73. The molecule has 3 rings (SSSR count). The zero-order valence-electron chi connectivity index (χ0n) is 11.0. The van der Waals surface area contributed by atoms with Gasteiger partial charge in [0.15, 0.2) is 11.2 Å². The summed E-state index contributed by atoms with van der Waals surface area (Å²) in [7, 11) is 1.84. The van der Waals surface area contributed by atoms with Crippen molar-refractivity contribution in [2.75, 3.05) is 0 Å². The van der Waals surface area contributed by atoms with Gasteiger partial charge in [0.05, 0.1) is 10.1 Å². The van der Waals surface area contributed by atoms with E-state index in [2.05, 4.69) is 0 Å². The molecule has 0 spiro atoms. The number of carbonyl (C=O) groups excluding carboxylic acids is 1. The fourth-order valence-corrected chi connectivity index (χ4v) is 3.88. The Hall–Kier alpha value is -1.94. The van der Waals surface area contributed by atoms with Crippen molar-refractivity contribution in [1.82, 2.24) is 4.57 Å². The van der Waals surface area contributed by atoms with Gasteiger partial charge in [0.2, 0.25) is 0 Å². The van der Waals surface area contributed by atoms with E-state index in [0.717, 1.165) is 20.5 Å². The van der Waals surface area contributed by atoms with Crippen LogP contribution in [0, 0.1) is 6.92 Å². The molecule has 0 saturated heterocycles. The van der Waals surface area contributed by atoms with Crippen LogP contribution in [0.5, 0.6) is 0 Å². The Morgan fingerprint density at radius 1 is 1.26 bits per heavy atom. The van der Waals surface area contributed by atoms with E-state index >= 15 is 0 Å². The van der Waals surface area contributed by atoms with Gasteiger partial charge in [0.25, 0.3) is 0 Å². The monoisotopic (exact) mass is 271 g/mol. The van der Waals surface area contributed by atoms with Gasteiger partial charge in [-0.05, 0) is 19.1 Å². The average Bonchev–Trinajstić information content (AvgIpc) is 2.62. The molecule has 0 amide bonds. The van der Waals surface area contributed by atoms with Crippen molar-refractivity contribution in [3.8, 4) is 0 Å². The SMILES string of the molecule is CC(=O)c1c2sc3ccccc3c(=O)c2c(C)n1C. The molecule has 0 unspecified atom stereocenters. The highest BCUT2D eigenvalue weighted by atomic mass is 32.1. The lowest BCUT2D eigenvalue weighted by atomic mass is 10.2. The van der Waals surface area contributed by atoms with Crippen LogP contribution in [0.1, 0.15) is 23.1 Å². The van der Waals surface area contributed by atoms with E-state index in [1.54, 1.807) is 6.92 Å². The lowest BCUT2D eigenvalue weighted by Crippen LogP contribution is -2.02. The average molecular weight is 271 g/mol. The first kappa shape index (κ1) is 12.1. The van der Waals surface area contributed by atoms with Gasteiger partial charge in [-0.3, -0.25) is 9.59 Å². The van der Waals surface area contributed by atoms with E-state index in [1.165, 1.54) is 11.3 Å². The number of benzene rings is 1. The number of fused-ring (bicyclic) bond motifs is 2. The Morgan fingerprint density at radius 2 is 1.95 bits per heavy atom. The number of ketones is 1. The molecule has 0 bridgehead atoms. The molecule has 4 heteroatoms. The zero-order chi connectivity index (χ0) is 13.7. The molecule has 0 fully saturated rings. The number of aromatic nitrogens is 1. The molecule has 2 aromatic heterocycles. The Bertz CT molecular complexity index is 886. The maximum absolute atomic E-state index is 12.6. The largest absolute Gasteiger partial charge is 0.344 e. The molecule has 0 saturated carbocycles. The van der Waals surface area contributed by atoms with Crippen molar-refractivity contribution in [1.29, 1.82) is 0 Å². The number of rotatable bonds is 1. The first-order valence-electron chi connectivity index (χ1n) is 6.04. The molecule has 96 valence electrons. The molecule has 3 nitrogen and oxygen atoms in total. The van der Waals surface area contributed by atoms with Crippen LogP contribution in [-0.2, 0) is 7.05 Å². The van der Waals surface area contributed by atoms with E-state index in [4.69, 9.17) is 0 Å². The normalized spacial score (nSPS) is 11.3. The maximum Gasteiger partial charge on any atom is 0.197 e. The summed E-state index contributed by atoms with van der Waals surface area (Å²) in [5.41, 5.74) is 1.50. The molecule has 2 heterocycles. The Balaban J connectivity index is 2.66. The predicted molar refractivity (Wildman–Crippen MR) is 79.3 cm³/mol. The van der Waals surface area contributed by atoms with Crippen molar-refractivity contribution in [2.45, 2.75) is 13.8 Å². The van der Waals surface area contributed by atoms with Crippen LogP contribution in [0.4, 0.5) is 0 Å². The van der Waals surface area contributed by atoms with Crippen LogP contribution >= 0.6 is 11.3 Å². The first-order chi connectivity index (χ1) is 9.02. The quantitative estimate of drug-likeness (QED) is 0.637. The summed E-state index contributed by atoms with van der Waals surface area (Å²) in [5.74, 6) is -0.00784. The fourth-order valence-electron chi connectivity index (χ4n) is 2.52. The van der Waals surface area contributed by atoms with Crippen LogP contribution in [0.3, 0.4) is 0 Å². The highest BCUT2D eigenvalue weighted by molar-refractivity contribution is 7.25. The van der Waals surface area contributed by atoms with Gasteiger partial charge in [0, 0.05) is 29.8 Å². The number of carbonyl (C=O) groups is 1. The maximum atomic E-state index is 12.6. The van der Waals surface area contributed by atoms with E-state index in [9.17, 15) is 9.59 Å². The summed E-state index contributed by atoms with van der Waals surface area (Å²) >= 11 is 1.51. The molecule has 1 aromatic carbocycles. The minimum Gasteiger partial charge on any atom is -0.344 e. The van der Waals surface area contributed by atoms with Crippen LogP contribution in [0.15, 0.2) is 29.1 Å². The summed E-state index contributed by atoms with van der Waals surface area (Å²) in [5, 5.41) is 1.40. The lowest BCUT2D eigenvalue weighted by molar-refractivity contribution is 0.101. The zero-order valence-corrected chi connectivity index (χ0v) is 11.8. The van der Waals surface area contributed by atoms with Gasteiger partial charge in [-0.1, -0.05) is 12.1 Å². The minimum absolute atomic E-state index is 0.00784. The molecular formula is C15H13NO2S.